The molecule has 2 aromatic rings. The van der Waals surface area contributed by atoms with Crippen molar-refractivity contribution in [2.75, 3.05) is 19.7 Å². The van der Waals surface area contributed by atoms with Gasteiger partial charge in [0.1, 0.15) is 10.7 Å². The summed E-state index contributed by atoms with van der Waals surface area (Å²) in [6, 6.07) is 0. The first-order valence-corrected chi connectivity index (χ1v) is 10.00. The summed E-state index contributed by atoms with van der Waals surface area (Å²) in [7, 11) is 0. The van der Waals surface area contributed by atoms with E-state index in [0.29, 0.717) is 36.8 Å². The Morgan fingerprint density at radius 2 is 1.92 bits per heavy atom. The van der Waals surface area contributed by atoms with Crippen LogP contribution in [0.2, 0.25) is 0 Å². The summed E-state index contributed by atoms with van der Waals surface area (Å²) in [6.07, 6.45) is -0.480. The first kappa shape index (κ1) is 21.0. The van der Waals surface area contributed by atoms with Gasteiger partial charge in [0.25, 0.3) is 5.56 Å². The van der Waals surface area contributed by atoms with Crippen molar-refractivity contribution < 1.29 is 9.84 Å². The molecule has 146 valence electrons. The third-order valence-electron chi connectivity index (χ3n) is 4.18. The number of aromatic nitrogens is 2. The van der Waals surface area contributed by atoms with Crippen LogP contribution in [0.25, 0.3) is 10.2 Å². The summed E-state index contributed by atoms with van der Waals surface area (Å²) in [5, 5.41) is 11.0. The summed E-state index contributed by atoms with van der Waals surface area (Å²) in [5.41, 5.74) is 0.922. The molecule has 0 aromatic carbocycles. The molecule has 0 radical (unpaired) electrons. The van der Waals surface area contributed by atoms with Gasteiger partial charge in [0.15, 0.2) is 0 Å². The Balaban J connectivity index is 2.17. The number of aliphatic hydroxyl groups excluding tert-OH is 1. The van der Waals surface area contributed by atoms with Crippen LogP contribution in [-0.2, 0) is 11.3 Å². The molecule has 0 spiro atoms. The highest BCUT2D eigenvalue weighted by Gasteiger charge is 2.17. The minimum absolute atomic E-state index is 0.0833. The van der Waals surface area contributed by atoms with Crippen molar-refractivity contribution in [2.24, 2.45) is 5.92 Å². The van der Waals surface area contributed by atoms with Crippen LogP contribution in [-0.4, -0.2) is 51.9 Å². The number of fused-ring (bicyclic) bond motifs is 1. The van der Waals surface area contributed by atoms with Crippen molar-refractivity contribution in [2.45, 2.75) is 60.3 Å². The van der Waals surface area contributed by atoms with Crippen LogP contribution in [0.1, 0.15) is 44.0 Å². The topological polar surface area (TPSA) is 78.5 Å². The van der Waals surface area contributed by atoms with Gasteiger partial charge in [0.05, 0.1) is 30.7 Å². The third-order valence-corrected chi connectivity index (χ3v) is 5.28. The van der Waals surface area contributed by atoms with Crippen molar-refractivity contribution >= 4 is 21.6 Å². The highest BCUT2D eigenvalue weighted by Crippen LogP contribution is 2.25. The number of aliphatic hydroxyl groups is 1. The lowest BCUT2D eigenvalue weighted by Gasteiger charge is -2.26. The lowest BCUT2D eigenvalue weighted by Crippen LogP contribution is -2.38. The van der Waals surface area contributed by atoms with E-state index in [1.807, 2.05) is 27.7 Å². The quantitative estimate of drug-likeness (QED) is 0.698. The summed E-state index contributed by atoms with van der Waals surface area (Å²) in [5.74, 6) is 1.08. The number of nitrogens with one attached hydrogen (secondary N) is 1. The van der Waals surface area contributed by atoms with Gasteiger partial charge in [-0.1, -0.05) is 13.8 Å². The lowest BCUT2D eigenvalue weighted by molar-refractivity contribution is -0.0111. The molecule has 0 unspecified atom stereocenters. The average Bonchev–Trinajstić information content (AvgIpc) is 2.79. The molecule has 26 heavy (non-hydrogen) atoms. The van der Waals surface area contributed by atoms with Crippen LogP contribution in [0.5, 0.6) is 0 Å². The number of H-pyrrole nitrogens is 1. The molecule has 2 N–H and O–H groups in total. The lowest BCUT2D eigenvalue weighted by atomic mass is 10.2. The Morgan fingerprint density at radius 1 is 1.23 bits per heavy atom. The van der Waals surface area contributed by atoms with Crippen molar-refractivity contribution in [1.29, 1.82) is 0 Å². The fourth-order valence-corrected chi connectivity index (χ4v) is 4.01. The Labute approximate surface area is 159 Å². The van der Waals surface area contributed by atoms with E-state index in [2.05, 4.69) is 28.7 Å². The monoisotopic (exact) mass is 381 g/mol. The number of rotatable bonds is 9. The molecule has 0 saturated heterocycles. The smallest absolute Gasteiger partial charge is 0.259 e. The number of thiophene rings is 1. The Morgan fingerprint density at radius 3 is 2.54 bits per heavy atom. The molecule has 0 fully saturated rings. The largest absolute Gasteiger partial charge is 0.389 e. The van der Waals surface area contributed by atoms with Gasteiger partial charge in [-0.2, -0.15) is 0 Å². The summed E-state index contributed by atoms with van der Waals surface area (Å²) in [6.45, 7) is 14.2. The SMILES string of the molecule is Cc1sc2nc(CN(CC(C)C)C[C@H](O)COC(C)C)[nH]c(=O)c2c1C. The summed E-state index contributed by atoms with van der Waals surface area (Å²) < 4.78 is 5.50. The van der Waals surface area contributed by atoms with Crippen LogP contribution in [0, 0.1) is 19.8 Å². The molecule has 2 rings (SSSR count). The van der Waals surface area contributed by atoms with Gasteiger partial charge in [0, 0.05) is 18.0 Å². The Hall–Kier alpha value is -1.28. The molecule has 2 aromatic heterocycles. The third kappa shape index (κ3) is 5.61. The predicted molar refractivity (Wildman–Crippen MR) is 107 cm³/mol. The molecule has 0 aliphatic carbocycles. The maximum Gasteiger partial charge on any atom is 0.259 e. The first-order chi connectivity index (χ1) is 12.2. The van der Waals surface area contributed by atoms with Crippen molar-refractivity contribution in [3.8, 4) is 0 Å². The second kappa shape index (κ2) is 9.08. The van der Waals surface area contributed by atoms with Gasteiger partial charge in [-0.05, 0) is 39.2 Å². The fraction of sp³-hybridized carbons (Fsp3) is 0.684. The maximum atomic E-state index is 12.5. The minimum Gasteiger partial charge on any atom is -0.389 e. The number of aromatic amines is 1. The van der Waals surface area contributed by atoms with Crippen molar-refractivity contribution in [1.82, 2.24) is 14.9 Å². The molecule has 0 amide bonds. The van der Waals surface area contributed by atoms with E-state index < -0.39 is 6.10 Å². The average molecular weight is 382 g/mol. The van der Waals surface area contributed by atoms with E-state index in [4.69, 9.17) is 4.74 Å². The van der Waals surface area contributed by atoms with Gasteiger partial charge >= 0.3 is 0 Å². The fourth-order valence-electron chi connectivity index (χ4n) is 2.96. The number of hydrogen-bond acceptors (Lipinski definition) is 6. The zero-order valence-corrected chi connectivity index (χ0v) is 17.4. The zero-order valence-electron chi connectivity index (χ0n) is 16.6. The summed E-state index contributed by atoms with van der Waals surface area (Å²) in [4.78, 5) is 24.1. The number of hydrogen-bond donors (Lipinski definition) is 2. The summed E-state index contributed by atoms with van der Waals surface area (Å²) >= 11 is 1.55. The van der Waals surface area contributed by atoms with Gasteiger partial charge in [-0.15, -0.1) is 11.3 Å². The highest BCUT2D eigenvalue weighted by atomic mass is 32.1. The van der Waals surface area contributed by atoms with E-state index in [-0.39, 0.29) is 11.7 Å². The van der Waals surface area contributed by atoms with Crippen LogP contribution < -0.4 is 5.56 Å². The molecule has 0 aliphatic rings. The molecule has 7 heteroatoms. The van der Waals surface area contributed by atoms with Crippen molar-refractivity contribution in [3.05, 3.63) is 26.6 Å². The Bertz CT molecular complexity index is 782. The minimum atomic E-state index is -0.571. The van der Waals surface area contributed by atoms with Gasteiger partial charge in [-0.3, -0.25) is 9.69 Å². The van der Waals surface area contributed by atoms with E-state index >= 15 is 0 Å². The molecule has 0 saturated carbocycles. The number of nitrogens with zero attached hydrogens (tertiary/aromatic N) is 2. The Kier molecular flexibility index (Phi) is 7.34. The highest BCUT2D eigenvalue weighted by molar-refractivity contribution is 7.18. The van der Waals surface area contributed by atoms with Gasteiger partial charge in [0.2, 0.25) is 0 Å². The number of ether oxygens (including phenoxy) is 1. The van der Waals surface area contributed by atoms with Gasteiger partial charge in [-0.25, -0.2) is 4.98 Å². The van der Waals surface area contributed by atoms with Crippen LogP contribution in [0.15, 0.2) is 4.79 Å². The molecule has 0 bridgehead atoms. The first-order valence-electron chi connectivity index (χ1n) is 9.18. The van der Waals surface area contributed by atoms with Crippen molar-refractivity contribution in [3.63, 3.8) is 0 Å². The molecule has 6 nitrogen and oxygen atoms in total. The normalized spacial score (nSPS) is 13.5. The van der Waals surface area contributed by atoms with Crippen LogP contribution in [0.3, 0.4) is 0 Å². The number of aryl methyl sites for hydroxylation is 2. The standard InChI is InChI=1S/C19H31N3O3S/c1-11(2)7-22(8-15(23)10-25-12(3)4)9-16-20-18(24)17-13(5)14(6)26-19(17)21-16/h11-12,15,23H,7-10H2,1-6H3,(H,20,21,24)/t15-/m0/s1. The second-order valence-electron chi connectivity index (χ2n) is 7.60. The second-order valence-corrected chi connectivity index (χ2v) is 8.80. The molecule has 0 aliphatic heterocycles. The van der Waals surface area contributed by atoms with E-state index in [0.717, 1.165) is 21.8 Å². The predicted octanol–water partition coefficient (Wildman–Crippen LogP) is 2.85. The van der Waals surface area contributed by atoms with Crippen LogP contribution >= 0.6 is 11.3 Å². The van der Waals surface area contributed by atoms with Gasteiger partial charge < -0.3 is 14.8 Å². The van der Waals surface area contributed by atoms with Crippen LogP contribution in [0.4, 0.5) is 0 Å². The maximum absolute atomic E-state index is 12.5. The molecule has 1 atom stereocenters. The molecular weight excluding hydrogens is 350 g/mol. The zero-order chi connectivity index (χ0) is 19.4. The van der Waals surface area contributed by atoms with E-state index in [1.165, 1.54) is 0 Å². The molecular formula is C19H31N3O3S. The van der Waals surface area contributed by atoms with E-state index in [1.54, 1.807) is 11.3 Å². The molecule has 2 heterocycles. The van der Waals surface area contributed by atoms with E-state index in [9.17, 15) is 9.90 Å².